The van der Waals surface area contributed by atoms with Crippen molar-refractivity contribution in [2.45, 2.75) is 65.1 Å². The molecule has 0 radical (unpaired) electrons. The highest BCUT2D eigenvalue weighted by molar-refractivity contribution is 5.27. The molecule has 0 aromatic heterocycles. The molecule has 0 unspecified atom stereocenters. The summed E-state index contributed by atoms with van der Waals surface area (Å²) in [6, 6.07) is 9.66. The first-order valence-electron chi connectivity index (χ1n) is 8.72. The van der Waals surface area contributed by atoms with Crippen molar-refractivity contribution in [3.63, 3.8) is 0 Å². The molecule has 2 nitrogen and oxygen atoms in total. The number of nitrogens with one attached hydrogen (secondary N) is 1. The summed E-state index contributed by atoms with van der Waals surface area (Å²) in [4.78, 5) is 2.58. The molecule has 0 atom stereocenters. The topological polar surface area (TPSA) is 15.3 Å². The number of rotatable bonds is 7. The van der Waals surface area contributed by atoms with Gasteiger partial charge >= 0.3 is 0 Å². The second kappa shape index (κ2) is 8.55. The zero-order valence-electron chi connectivity index (χ0n) is 14.1. The molecule has 118 valence electrons. The van der Waals surface area contributed by atoms with Crippen LogP contribution in [0.2, 0.25) is 0 Å². The van der Waals surface area contributed by atoms with Crippen LogP contribution in [0.5, 0.6) is 0 Å². The van der Waals surface area contributed by atoms with Gasteiger partial charge in [-0.2, -0.15) is 0 Å². The standard InChI is InChI=1S/C19H32N2/c1-4-16-10-12-19(13-11-16)21(3)15-18-9-7-6-8-17(18)14-20-5-2/h6-9,16,19-20H,4-5,10-15H2,1-3H3. The molecule has 1 saturated carbocycles. The van der Waals surface area contributed by atoms with Crippen LogP contribution in [0.1, 0.15) is 57.1 Å². The van der Waals surface area contributed by atoms with E-state index in [2.05, 4.69) is 55.4 Å². The third-order valence-corrected chi connectivity index (χ3v) is 5.12. The maximum Gasteiger partial charge on any atom is 0.0236 e. The molecule has 2 heteroatoms. The van der Waals surface area contributed by atoms with Gasteiger partial charge in [0.25, 0.3) is 0 Å². The summed E-state index contributed by atoms with van der Waals surface area (Å²) in [5, 5.41) is 3.45. The van der Waals surface area contributed by atoms with E-state index in [1.807, 2.05) is 0 Å². The lowest BCUT2D eigenvalue weighted by Crippen LogP contribution is -2.35. The van der Waals surface area contributed by atoms with E-state index in [1.54, 1.807) is 0 Å². The molecule has 1 aliphatic carbocycles. The summed E-state index contributed by atoms with van der Waals surface area (Å²) in [5.74, 6) is 0.982. The molecule has 0 bridgehead atoms. The van der Waals surface area contributed by atoms with Gasteiger partial charge in [-0.15, -0.1) is 0 Å². The van der Waals surface area contributed by atoms with E-state index in [0.29, 0.717) is 0 Å². The van der Waals surface area contributed by atoms with Crippen LogP contribution < -0.4 is 5.32 Å². The van der Waals surface area contributed by atoms with Gasteiger partial charge in [0.2, 0.25) is 0 Å². The number of benzene rings is 1. The third kappa shape index (κ3) is 4.82. The van der Waals surface area contributed by atoms with Crippen LogP contribution >= 0.6 is 0 Å². The zero-order valence-corrected chi connectivity index (χ0v) is 14.1. The molecule has 21 heavy (non-hydrogen) atoms. The third-order valence-electron chi connectivity index (χ3n) is 5.12. The molecular weight excluding hydrogens is 256 g/mol. The van der Waals surface area contributed by atoms with Gasteiger partial charge < -0.3 is 5.32 Å². The van der Waals surface area contributed by atoms with Crippen molar-refractivity contribution < 1.29 is 0 Å². The first-order valence-corrected chi connectivity index (χ1v) is 8.72. The van der Waals surface area contributed by atoms with Crippen molar-refractivity contribution in [2.75, 3.05) is 13.6 Å². The highest BCUT2D eigenvalue weighted by atomic mass is 15.1. The maximum absolute atomic E-state index is 3.45. The van der Waals surface area contributed by atoms with Crippen LogP contribution in [0.4, 0.5) is 0 Å². The lowest BCUT2D eigenvalue weighted by atomic mass is 9.84. The average Bonchev–Trinajstić information content (AvgIpc) is 2.54. The van der Waals surface area contributed by atoms with Crippen molar-refractivity contribution in [1.82, 2.24) is 10.2 Å². The molecule has 1 aliphatic rings. The highest BCUT2D eigenvalue weighted by Gasteiger charge is 2.23. The summed E-state index contributed by atoms with van der Waals surface area (Å²) in [6.45, 7) is 7.61. The van der Waals surface area contributed by atoms with Crippen LogP contribution in [-0.2, 0) is 13.1 Å². The van der Waals surface area contributed by atoms with Gasteiger partial charge in [0.05, 0.1) is 0 Å². The normalized spacial score (nSPS) is 22.7. The van der Waals surface area contributed by atoms with Gasteiger partial charge in [0, 0.05) is 19.1 Å². The van der Waals surface area contributed by atoms with E-state index in [1.165, 1.54) is 43.2 Å². The lowest BCUT2D eigenvalue weighted by Gasteiger charge is -2.34. The van der Waals surface area contributed by atoms with Gasteiger partial charge in [-0.3, -0.25) is 4.90 Å². The summed E-state index contributed by atoms with van der Waals surface area (Å²) in [6.07, 6.45) is 6.96. The van der Waals surface area contributed by atoms with Crippen molar-refractivity contribution in [2.24, 2.45) is 5.92 Å². The van der Waals surface area contributed by atoms with E-state index in [4.69, 9.17) is 0 Å². The minimum absolute atomic E-state index is 0.778. The smallest absolute Gasteiger partial charge is 0.0236 e. The highest BCUT2D eigenvalue weighted by Crippen LogP contribution is 2.29. The first kappa shape index (κ1) is 16.5. The van der Waals surface area contributed by atoms with E-state index in [-0.39, 0.29) is 0 Å². The molecule has 0 spiro atoms. The summed E-state index contributed by atoms with van der Waals surface area (Å²) in [7, 11) is 2.31. The van der Waals surface area contributed by atoms with Crippen molar-refractivity contribution in [3.05, 3.63) is 35.4 Å². The molecule has 0 saturated heterocycles. The Hall–Kier alpha value is -0.860. The number of nitrogens with zero attached hydrogens (tertiary/aromatic N) is 1. The summed E-state index contributed by atoms with van der Waals surface area (Å²) < 4.78 is 0. The molecular formula is C19H32N2. The monoisotopic (exact) mass is 288 g/mol. The fraction of sp³-hybridized carbons (Fsp3) is 0.684. The minimum atomic E-state index is 0.778. The maximum atomic E-state index is 3.45. The van der Waals surface area contributed by atoms with Gasteiger partial charge in [0.1, 0.15) is 0 Å². The Morgan fingerprint density at radius 3 is 2.33 bits per heavy atom. The minimum Gasteiger partial charge on any atom is -0.313 e. The van der Waals surface area contributed by atoms with Crippen LogP contribution in [0, 0.1) is 5.92 Å². The van der Waals surface area contributed by atoms with Crippen molar-refractivity contribution in [3.8, 4) is 0 Å². The molecule has 1 aromatic rings. The van der Waals surface area contributed by atoms with Crippen molar-refractivity contribution >= 4 is 0 Å². The van der Waals surface area contributed by atoms with Gasteiger partial charge in [0.15, 0.2) is 0 Å². The molecule has 1 fully saturated rings. The Balaban J connectivity index is 1.92. The van der Waals surface area contributed by atoms with Crippen LogP contribution in [0.15, 0.2) is 24.3 Å². The van der Waals surface area contributed by atoms with E-state index >= 15 is 0 Å². The molecule has 1 N–H and O–H groups in total. The van der Waals surface area contributed by atoms with E-state index in [0.717, 1.165) is 31.6 Å². The van der Waals surface area contributed by atoms with E-state index < -0.39 is 0 Å². The lowest BCUT2D eigenvalue weighted by molar-refractivity contribution is 0.157. The van der Waals surface area contributed by atoms with Crippen LogP contribution in [0.3, 0.4) is 0 Å². The Morgan fingerprint density at radius 1 is 1.05 bits per heavy atom. The summed E-state index contributed by atoms with van der Waals surface area (Å²) in [5.41, 5.74) is 2.94. The Labute approximate surface area is 130 Å². The Kier molecular flexibility index (Phi) is 6.72. The fourth-order valence-corrected chi connectivity index (χ4v) is 3.54. The SMILES string of the molecule is CCNCc1ccccc1CN(C)C1CCC(CC)CC1. The predicted octanol–water partition coefficient (Wildman–Crippen LogP) is 4.20. The molecule has 2 rings (SSSR count). The van der Waals surface area contributed by atoms with Crippen molar-refractivity contribution in [1.29, 1.82) is 0 Å². The molecule has 0 heterocycles. The van der Waals surface area contributed by atoms with Gasteiger partial charge in [-0.05, 0) is 56.3 Å². The van der Waals surface area contributed by atoms with Gasteiger partial charge in [-0.1, -0.05) is 44.5 Å². The van der Waals surface area contributed by atoms with E-state index in [9.17, 15) is 0 Å². The first-order chi connectivity index (χ1) is 10.2. The molecule has 0 aliphatic heterocycles. The second-order valence-electron chi connectivity index (χ2n) is 6.55. The fourth-order valence-electron chi connectivity index (χ4n) is 3.54. The Morgan fingerprint density at radius 2 is 1.71 bits per heavy atom. The number of hydrogen-bond acceptors (Lipinski definition) is 2. The summed E-state index contributed by atoms with van der Waals surface area (Å²) >= 11 is 0. The molecule has 0 amide bonds. The van der Waals surface area contributed by atoms with Crippen LogP contribution in [-0.4, -0.2) is 24.5 Å². The Bertz CT molecular complexity index is 408. The quantitative estimate of drug-likeness (QED) is 0.809. The largest absolute Gasteiger partial charge is 0.313 e. The molecule has 1 aromatic carbocycles. The zero-order chi connectivity index (χ0) is 15.1. The predicted molar refractivity (Wildman–Crippen MR) is 91.3 cm³/mol. The number of hydrogen-bond donors (Lipinski definition) is 1. The van der Waals surface area contributed by atoms with Crippen LogP contribution in [0.25, 0.3) is 0 Å². The average molecular weight is 288 g/mol. The second-order valence-corrected chi connectivity index (χ2v) is 6.55. The van der Waals surface area contributed by atoms with Gasteiger partial charge in [-0.25, -0.2) is 0 Å².